The summed E-state index contributed by atoms with van der Waals surface area (Å²) < 4.78 is 5.69. The molecule has 2 amide bonds. The minimum Gasteiger partial charge on any atom is -0.455 e. The van der Waals surface area contributed by atoms with Gasteiger partial charge in [0.2, 0.25) is 0 Å². The van der Waals surface area contributed by atoms with E-state index in [1.165, 1.54) is 24.3 Å². The van der Waals surface area contributed by atoms with Crippen LogP contribution in [-0.4, -0.2) is 27.6 Å². The number of nitro benzene ring substituents is 1. The number of carbonyl (C=O) groups is 2. The number of nitrogens with two attached hydrogens (primary N) is 1. The first-order chi connectivity index (χ1) is 14.3. The zero-order chi connectivity index (χ0) is 21.8. The molecule has 0 atom stereocenters. The summed E-state index contributed by atoms with van der Waals surface area (Å²) in [5, 5.41) is 15.3. The number of benzene rings is 1. The molecule has 5 N–H and O–H groups in total. The number of hydrogen-bond acceptors (Lipinski definition) is 7. The van der Waals surface area contributed by atoms with Gasteiger partial charge in [0.1, 0.15) is 11.3 Å². The Hall–Kier alpha value is -3.80. The Morgan fingerprint density at radius 3 is 2.63 bits per heavy atom. The average molecular weight is 430 g/mol. The van der Waals surface area contributed by atoms with Gasteiger partial charge in [-0.25, -0.2) is 0 Å². The number of fused-ring (bicyclic) bond motifs is 1. The van der Waals surface area contributed by atoms with Gasteiger partial charge in [0, 0.05) is 23.6 Å². The van der Waals surface area contributed by atoms with Crippen LogP contribution in [-0.2, 0) is 6.42 Å². The van der Waals surface area contributed by atoms with Gasteiger partial charge in [0.05, 0.1) is 10.6 Å². The van der Waals surface area contributed by atoms with E-state index in [9.17, 15) is 19.7 Å². The van der Waals surface area contributed by atoms with Crippen molar-refractivity contribution >= 4 is 40.5 Å². The summed E-state index contributed by atoms with van der Waals surface area (Å²) in [6.07, 6.45) is 2.05. The number of nitro groups is 1. The topological polar surface area (TPSA) is 165 Å². The van der Waals surface area contributed by atoms with Gasteiger partial charge < -0.3 is 10.2 Å². The van der Waals surface area contributed by atoms with E-state index >= 15 is 0 Å². The van der Waals surface area contributed by atoms with Gasteiger partial charge in [-0.2, -0.15) is 5.10 Å². The maximum atomic E-state index is 12.6. The monoisotopic (exact) mass is 430 g/mol. The fourth-order valence-corrected chi connectivity index (χ4v) is 3.23. The van der Waals surface area contributed by atoms with Gasteiger partial charge in [-0.15, -0.1) is 0 Å². The molecule has 156 valence electrons. The minimum atomic E-state index is -0.826. The fraction of sp³-hybridized carbons (Fsp3) is 0.222. The van der Waals surface area contributed by atoms with Gasteiger partial charge in [0.15, 0.2) is 10.9 Å². The molecule has 1 aliphatic rings. The molecule has 0 saturated carbocycles. The van der Waals surface area contributed by atoms with Crippen LogP contribution in [0.4, 0.5) is 5.69 Å². The average Bonchev–Trinajstić information content (AvgIpc) is 3.07. The lowest BCUT2D eigenvalue weighted by molar-refractivity contribution is -0.385. The van der Waals surface area contributed by atoms with E-state index in [4.69, 9.17) is 22.4 Å². The van der Waals surface area contributed by atoms with Crippen molar-refractivity contribution in [3.05, 3.63) is 62.6 Å². The van der Waals surface area contributed by atoms with E-state index < -0.39 is 16.7 Å². The largest absolute Gasteiger partial charge is 0.455 e. The fourth-order valence-electron chi connectivity index (χ4n) is 3.18. The molecule has 2 aromatic rings. The summed E-state index contributed by atoms with van der Waals surface area (Å²) in [7, 11) is 0. The molecule has 1 heterocycles. The molecule has 0 bridgehead atoms. The van der Waals surface area contributed by atoms with Gasteiger partial charge in [-0.05, 0) is 38.0 Å². The molecule has 0 spiro atoms. The van der Waals surface area contributed by atoms with Crippen LogP contribution >= 0.6 is 12.2 Å². The van der Waals surface area contributed by atoms with E-state index in [-0.39, 0.29) is 22.1 Å². The van der Waals surface area contributed by atoms with Crippen molar-refractivity contribution in [2.45, 2.75) is 26.2 Å². The summed E-state index contributed by atoms with van der Waals surface area (Å²) >= 11 is 4.76. The normalized spacial score (nSPS) is 14.0. The second-order valence-electron chi connectivity index (χ2n) is 6.42. The summed E-state index contributed by atoms with van der Waals surface area (Å²) in [6, 6.07) is 5.41. The van der Waals surface area contributed by atoms with Crippen LogP contribution in [0.25, 0.3) is 0 Å². The van der Waals surface area contributed by atoms with E-state index in [1.807, 2.05) is 0 Å². The highest BCUT2D eigenvalue weighted by Crippen LogP contribution is 2.29. The second-order valence-corrected chi connectivity index (χ2v) is 6.86. The Bertz CT molecular complexity index is 1080. The Balaban J connectivity index is 1.77. The third-order valence-corrected chi connectivity index (χ3v) is 4.56. The van der Waals surface area contributed by atoms with Crippen LogP contribution < -0.4 is 22.0 Å². The molecule has 0 aliphatic heterocycles. The highest BCUT2D eigenvalue weighted by Gasteiger charge is 2.28. The smallest absolute Gasteiger partial charge is 0.305 e. The Labute approximate surface area is 175 Å². The summed E-state index contributed by atoms with van der Waals surface area (Å²) in [4.78, 5) is 35.2. The Kier molecular flexibility index (Phi) is 6.06. The Morgan fingerprint density at radius 1 is 1.23 bits per heavy atom. The highest BCUT2D eigenvalue weighted by atomic mass is 32.1. The van der Waals surface area contributed by atoms with E-state index in [2.05, 4.69) is 21.4 Å². The lowest BCUT2D eigenvalue weighted by atomic mass is 9.93. The third kappa shape index (κ3) is 4.27. The zero-order valence-electron chi connectivity index (χ0n) is 15.9. The molecule has 0 radical (unpaired) electrons. The van der Waals surface area contributed by atoms with Gasteiger partial charge in [0.25, 0.3) is 11.6 Å². The van der Waals surface area contributed by atoms with E-state index in [0.717, 1.165) is 6.42 Å². The molecule has 1 aromatic carbocycles. The number of para-hydroxylation sites is 1. The van der Waals surface area contributed by atoms with Crippen molar-refractivity contribution < 1.29 is 18.9 Å². The lowest BCUT2D eigenvalue weighted by Crippen LogP contribution is -2.42. The highest BCUT2D eigenvalue weighted by molar-refractivity contribution is 7.80. The summed E-state index contributed by atoms with van der Waals surface area (Å²) in [5.74, 6) is -0.923. The number of furan rings is 1. The SMILES string of the molecule is Cc1c(C(=O)NNC(=O)c2ccccc2[N+](=O)[O-])oc2c1/C(=N/NC(N)=S)CCC2. The van der Waals surface area contributed by atoms with Crippen LogP contribution in [0.1, 0.15) is 50.6 Å². The maximum Gasteiger partial charge on any atom is 0.305 e. The van der Waals surface area contributed by atoms with Crippen molar-refractivity contribution in [2.24, 2.45) is 10.8 Å². The standard InChI is InChI=1S/C18H18N6O5S/c1-9-14-11(20-23-18(19)30)6-4-8-13(14)29-15(9)17(26)22-21-16(25)10-5-2-3-7-12(10)24(27)28/h2-3,5,7H,4,6,8H2,1H3,(H,21,25)(H,22,26)(H3,19,23,30)/b20-11+. The van der Waals surface area contributed by atoms with Crippen molar-refractivity contribution in [3.8, 4) is 0 Å². The van der Waals surface area contributed by atoms with E-state index in [0.29, 0.717) is 35.4 Å². The van der Waals surface area contributed by atoms with Crippen LogP contribution in [0.2, 0.25) is 0 Å². The number of nitrogens with one attached hydrogen (secondary N) is 3. The van der Waals surface area contributed by atoms with Gasteiger partial charge in [-0.3, -0.25) is 36.0 Å². The number of hydrogen-bond donors (Lipinski definition) is 4. The Morgan fingerprint density at radius 2 is 1.93 bits per heavy atom. The molecule has 0 saturated heterocycles. The molecule has 12 heteroatoms. The summed E-state index contributed by atoms with van der Waals surface area (Å²) in [5.41, 5.74) is 13.7. The number of hydrazone groups is 1. The number of nitrogens with zero attached hydrogens (tertiary/aromatic N) is 2. The molecule has 3 rings (SSSR count). The first-order valence-electron chi connectivity index (χ1n) is 8.88. The van der Waals surface area contributed by atoms with Crippen molar-refractivity contribution in [1.29, 1.82) is 0 Å². The van der Waals surface area contributed by atoms with Gasteiger partial charge in [-0.1, -0.05) is 12.1 Å². The van der Waals surface area contributed by atoms with E-state index in [1.54, 1.807) is 6.92 Å². The number of carbonyl (C=O) groups excluding carboxylic acids is 2. The predicted molar refractivity (Wildman–Crippen MR) is 111 cm³/mol. The molecular formula is C18H18N6O5S. The molecular weight excluding hydrogens is 412 g/mol. The third-order valence-electron chi connectivity index (χ3n) is 4.47. The van der Waals surface area contributed by atoms with Gasteiger partial charge >= 0.3 is 5.91 Å². The number of hydrazine groups is 1. The molecule has 30 heavy (non-hydrogen) atoms. The van der Waals surface area contributed by atoms with Crippen molar-refractivity contribution in [3.63, 3.8) is 0 Å². The molecule has 11 nitrogen and oxygen atoms in total. The number of aryl methyl sites for hydroxylation is 1. The van der Waals surface area contributed by atoms with Crippen LogP contribution in [0.15, 0.2) is 33.8 Å². The molecule has 0 unspecified atom stereocenters. The zero-order valence-corrected chi connectivity index (χ0v) is 16.7. The molecule has 1 aliphatic carbocycles. The number of amides is 2. The lowest BCUT2D eigenvalue weighted by Gasteiger charge is -2.13. The second kappa shape index (κ2) is 8.69. The first-order valence-corrected chi connectivity index (χ1v) is 9.29. The minimum absolute atomic E-state index is 0.00721. The predicted octanol–water partition coefficient (Wildman–Crippen LogP) is 1.44. The van der Waals surface area contributed by atoms with Crippen molar-refractivity contribution in [1.82, 2.24) is 16.3 Å². The number of thiocarbonyl (C=S) groups is 1. The van der Waals surface area contributed by atoms with Crippen LogP contribution in [0.5, 0.6) is 0 Å². The maximum absolute atomic E-state index is 12.6. The van der Waals surface area contributed by atoms with Crippen LogP contribution in [0, 0.1) is 17.0 Å². The first kappa shape index (κ1) is 20.9. The van der Waals surface area contributed by atoms with Crippen LogP contribution in [0.3, 0.4) is 0 Å². The van der Waals surface area contributed by atoms with Crippen molar-refractivity contribution in [2.75, 3.05) is 0 Å². The summed E-state index contributed by atoms with van der Waals surface area (Å²) in [6.45, 7) is 1.70. The molecule has 0 fully saturated rings. The number of rotatable bonds is 4. The molecule has 1 aromatic heterocycles. The quantitative estimate of drug-likeness (QED) is 0.321.